The maximum atomic E-state index is 13.0. The maximum absolute atomic E-state index is 13.0. The number of rotatable bonds is 3. The molecule has 0 amide bonds. The van der Waals surface area contributed by atoms with Gasteiger partial charge in [0.25, 0.3) is 0 Å². The predicted molar refractivity (Wildman–Crippen MR) is 101 cm³/mol. The van der Waals surface area contributed by atoms with Gasteiger partial charge >= 0.3 is 5.69 Å². The van der Waals surface area contributed by atoms with Crippen LogP contribution < -0.4 is 10.6 Å². The summed E-state index contributed by atoms with van der Waals surface area (Å²) in [5.74, 6) is 0. The lowest BCUT2D eigenvalue weighted by Crippen LogP contribution is -2.48. The quantitative estimate of drug-likeness (QED) is 0.713. The van der Waals surface area contributed by atoms with Crippen molar-refractivity contribution in [3.63, 3.8) is 0 Å². The second kappa shape index (κ2) is 6.46. The third kappa shape index (κ3) is 3.00. The zero-order valence-electron chi connectivity index (χ0n) is 13.8. The highest BCUT2D eigenvalue weighted by atomic mass is 35.5. The van der Waals surface area contributed by atoms with E-state index in [9.17, 15) is 13.2 Å². The molecular formula is C17H17ClN4O3S. The molecule has 1 fully saturated rings. The first-order valence-electron chi connectivity index (χ1n) is 8.17. The molecule has 0 radical (unpaired) electrons. The smallest absolute Gasteiger partial charge is 0.323 e. The molecule has 2 N–H and O–H groups in total. The van der Waals surface area contributed by atoms with Crippen molar-refractivity contribution >= 4 is 38.3 Å². The highest BCUT2D eigenvalue weighted by Crippen LogP contribution is 2.29. The van der Waals surface area contributed by atoms with Crippen LogP contribution in [-0.4, -0.2) is 48.9 Å². The number of hydrogen-bond donors (Lipinski definition) is 2. The third-order valence-corrected chi connectivity index (χ3v) is 6.91. The summed E-state index contributed by atoms with van der Waals surface area (Å²) >= 11 is 6.19. The van der Waals surface area contributed by atoms with Gasteiger partial charge in [-0.15, -0.1) is 0 Å². The van der Waals surface area contributed by atoms with Gasteiger partial charge in [-0.25, -0.2) is 13.2 Å². The van der Waals surface area contributed by atoms with E-state index >= 15 is 0 Å². The van der Waals surface area contributed by atoms with Crippen LogP contribution in [0.5, 0.6) is 0 Å². The van der Waals surface area contributed by atoms with E-state index in [0.717, 1.165) is 5.69 Å². The van der Waals surface area contributed by atoms with Gasteiger partial charge in [0.1, 0.15) is 4.90 Å². The van der Waals surface area contributed by atoms with E-state index in [4.69, 9.17) is 11.6 Å². The summed E-state index contributed by atoms with van der Waals surface area (Å²) in [6, 6.07) is 12.8. The Kier molecular flexibility index (Phi) is 4.26. The molecule has 136 valence electrons. The minimum atomic E-state index is -3.74. The number of nitrogens with zero attached hydrogens (tertiary/aromatic N) is 2. The molecule has 7 nitrogen and oxygen atoms in total. The fraction of sp³-hybridized carbons (Fsp3) is 0.235. The van der Waals surface area contributed by atoms with Gasteiger partial charge in [-0.2, -0.15) is 4.31 Å². The number of fused-ring (bicyclic) bond motifs is 1. The van der Waals surface area contributed by atoms with Gasteiger partial charge < -0.3 is 14.9 Å². The number of imidazole rings is 1. The summed E-state index contributed by atoms with van der Waals surface area (Å²) in [4.78, 5) is 18.7. The molecule has 0 atom stereocenters. The van der Waals surface area contributed by atoms with Gasteiger partial charge in [0, 0.05) is 31.9 Å². The van der Waals surface area contributed by atoms with Crippen LogP contribution in [-0.2, 0) is 10.0 Å². The SMILES string of the molecule is O=c1[nH]c2cc(Cl)c(S(=O)(=O)N3CCN(c4ccccc4)CC3)cc2[nH]1. The second-order valence-electron chi connectivity index (χ2n) is 6.13. The molecule has 3 aromatic rings. The van der Waals surface area contributed by atoms with E-state index in [-0.39, 0.29) is 9.92 Å². The van der Waals surface area contributed by atoms with Gasteiger partial charge in [0.05, 0.1) is 16.1 Å². The van der Waals surface area contributed by atoms with Gasteiger partial charge in [-0.1, -0.05) is 29.8 Å². The fourth-order valence-electron chi connectivity index (χ4n) is 3.20. The molecule has 26 heavy (non-hydrogen) atoms. The van der Waals surface area contributed by atoms with Crippen molar-refractivity contribution in [2.75, 3.05) is 31.1 Å². The Balaban J connectivity index is 1.60. The van der Waals surface area contributed by atoms with Crippen molar-refractivity contribution in [1.82, 2.24) is 14.3 Å². The molecule has 1 saturated heterocycles. The van der Waals surface area contributed by atoms with Crippen LogP contribution in [0.1, 0.15) is 0 Å². The first-order chi connectivity index (χ1) is 12.4. The highest BCUT2D eigenvalue weighted by molar-refractivity contribution is 7.89. The monoisotopic (exact) mass is 392 g/mol. The molecule has 0 saturated carbocycles. The molecule has 2 aromatic carbocycles. The second-order valence-corrected chi connectivity index (χ2v) is 8.45. The minimum absolute atomic E-state index is 0.00933. The molecule has 0 bridgehead atoms. The summed E-state index contributed by atoms with van der Waals surface area (Å²) < 4.78 is 27.5. The molecule has 1 aromatic heterocycles. The Morgan fingerprint density at radius 1 is 0.923 bits per heavy atom. The Labute approximate surface area is 155 Å². The zero-order valence-corrected chi connectivity index (χ0v) is 15.3. The van der Waals surface area contributed by atoms with Crippen LogP contribution >= 0.6 is 11.6 Å². The summed E-state index contributed by atoms with van der Waals surface area (Å²) in [6.07, 6.45) is 0. The summed E-state index contributed by atoms with van der Waals surface area (Å²) in [5.41, 5.74) is 1.57. The van der Waals surface area contributed by atoms with E-state index < -0.39 is 15.7 Å². The zero-order chi connectivity index (χ0) is 18.3. The van der Waals surface area contributed by atoms with Gasteiger partial charge in [0.2, 0.25) is 10.0 Å². The third-order valence-electron chi connectivity index (χ3n) is 4.55. The van der Waals surface area contributed by atoms with E-state index in [2.05, 4.69) is 14.9 Å². The number of H-pyrrole nitrogens is 2. The van der Waals surface area contributed by atoms with Crippen LogP contribution in [0, 0.1) is 0 Å². The number of halogens is 1. The standard InChI is InChI=1S/C17H17ClN4O3S/c18-13-10-14-15(20-17(23)19-14)11-16(13)26(24,25)22-8-6-21(7-9-22)12-4-2-1-3-5-12/h1-5,10-11H,6-9H2,(H2,19,20,23). The summed E-state index contributed by atoms with van der Waals surface area (Å²) in [6.45, 7) is 1.94. The van der Waals surface area contributed by atoms with Gasteiger partial charge in [0.15, 0.2) is 0 Å². The van der Waals surface area contributed by atoms with Gasteiger partial charge in [-0.05, 0) is 24.3 Å². The number of nitrogens with one attached hydrogen (secondary N) is 2. The van der Waals surface area contributed by atoms with Crippen molar-refractivity contribution in [2.24, 2.45) is 0 Å². The normalized spacial score (nSPS) is 16.3. The first kappa shape index (κ1) is 17.1. The van der Waals surface area contributed by atoms with Crippen molar-refractivity contribution in [3.05, 3.63) is 58.0 Å². The van der Waals surface area contributed by atoms with Crippen LogP contribution in [0.4, 0.5) is 5.69 Å². The molecule has 9 heteroatoms. The Bertz CT molecular complexity index is 1100. The number of anilines is 1. The number of aromatic nitrogens is 2. The van der Waals surface area contributed by atoms with Crippen molar-refractivity contribution in [2.45, 2.75) is 4.90 Å². The summed E-state index contributed by atoms with van der Waals surface area (Å²) in [7, 11) is -3.74. The molecule has 0 unspecified atom stereocenters. The molecule has 0 spiro atoms. The number of benzene rings is 2. The van der Waals surface area contributed by atoms with E-state index in [1.807, 2.05) is 30.3 Å². The average Bonchev–Trinajstić information content (AvgIpc) is 3.00. The maximum Gasteiger partial charge on any atom is 0.323 e. The van der Waals surface area contributed by atoms with Crippen LogP contribution in [0.25, 0.3) is 11.0 Å². The molecule has 1 aliphatic rings. The number of hydrogen-bond acceptors (Lipinski definition) is 4. The average molecular weight is 393 g/mol. The lowest BCUT2D eigenvalue weighted by Gasteiger charge is -2.35. The van der Waals surface area contributed by atoms with Crippen molar-refractivity contribution in [1.29, 1.82) is 0 Å². The molecular weight excluding hydrogens is 376 g/mol. The Hall–Kier alpha value is -2.29. The first-order valence-corrected chi connectivity index (χ1v) is 9.99. The molecule has 1 aliphatic heterocycles. The fourth-order valence-corrected chi connectivity index (χ4v) is 5.15. The van der Waals surface area contributed by atoms with Crippen LogP contribution in [0.15, 0.2) is 52.2 Å². The van der Waals surface area contributed by atoms with E-state index in [1.54, 1.807) is 0 Å². The number of para-hydroxylation sites is 1. The van der Waals surface area contributed by atoms with Crippen molar-refractivity contribution < 1.29 is 8.42 Å². The molecule has 4 rings (SSSR count). The molecule has 2 heterocycles. The Morgan fingerprint density at radius 2 is 1.54 bits per heavy atom. The lowest BCUT2D eigenvalue weighted by atomic mass is 10.2. The van der Waals surface area contributed by atoms with E-state index in [1.165, 1.54) is 16.4 Å². The number of sulfonamides is 1. The minimum Gasteiger partial charge on any atom is -0.369 e. The largest absolute Gasteiger partial charge is 0.369 e. The molecule has 0 aliphatic carbocycles. The number of piperazine rings is 1. The topological polar surface area (TPSA) is 89.3 Å². The van der Waals surface area contributed by atoms with Crippen LogP contribution in [0.2, 0.25) is 5.02 Å². The van der Waals surface area contributed by atoms with Crippen LogP contribution in [0.3, 0.4) is 0 Å². The van der Waals surface area contributed by atoms with E-state index in [0.29, 0.717) is 37.2 Å². The van der Waals surface area contributed by atoms with Gasteiger partial charge in [-0.3, -0.25) is 0 Å². The lowest BCUT2D eigenvalue weighted by molar-refractivity contribution is 0.385. The number of aromatic amines is 2. The Morgan fingerprint density at radius 3 is 2.19 bits per heavy atom. The predicted octanol–water partition coefficient (Wildman–Crippen LogP) is 2.02. The van der Waals surface area contributed by atoms with Crippen molar-refractivity contribution in [3.8, 4) is 0 Å². The summed E-state index contributed by atoms with van der Waals surface area (Å²) in [5, 5.41) is 0.0956. The highest BCUT2D eigenvalue weighted by Gasteiger charge is 2.30.